The van der Waals surface area contributed by atoms with Crippen molar-refractivity contribution in [1.29, 1.82) is 0 Å². The van der Waals surface area contributed by atoms with Crippen molar-refractivity contribution in [3.63, 3.8) is 0 Å². The molecule has 0 aliphatic carbocycles. The van der Waals surface area contributed by atoms with E-state index in [1.165, 1.54) is 11.1 Å². The number of fused-ring (bicyclic) bond motifs is 1. The van der Waals surface area contributed by atoms with Gasteiger partial charge < -0.3 is 9.80 Å². The molecule has 3 heterocycles. The van der Waals surface area contributed by atoms with Gasteiger partial charge in [-0.05, 0) is 49.8 Å². The first-order valence-electron chi connectivity index (χ1n) is 9.16. The lowest BCUT2D eigenvalue weighted by Gasteiger charge is -2.37. The van der Waals surface area contributed by atoms with Crippen LogP contribution in [0.4, 0.5) is 11.6 Å². The van der Waals surface area contributed by atoms with Crippen LogP contribution in [0, 0.1) is 12.8 Å². The van der Waals surface area contributed by atoms with E-state index in [0.717, 1.165) is 50.4 Å². The predicted octanol–water partition coefficient (Wildman–Crippen LogP) is 2.98. The van der Waals surface area contributed by atoms with Gasteiger partial charge in [-0.25, -0.2) is 9.97 Å². The van der Waals surface area contributed by atoms with Crippen molar-refractivity contribution in [2.24, 2.45) is 5.92 Å². The Kier molecular flexibility index (Phi) is 4.38. The van der Waals surface area contributed by atoms with Gasteiger partial charge in [0, 0.05) is 37.7 Å². The first-order valence-corrected chi connectivity index (χ1v) is 9.16. The Labute approximate surface area is 148 Å². The molecule has 1 fully saturated rings. The number of carbonyl (C=O) groups excluding carboxylic acids is 1. The number of anilines is 2. The van der Waals surface area contributed by atoms with Crippen LogP contribution < -0.4 is 9.80 Å². The van der Waals surface area contributed by atoms with E-state index in [4.69, 9.17) is 0 Å². The van der Waals surface area contributed by atoms with E-state index in [9.17, 15) is 4.79 Å². The summed E-state index contributed by atoms with van der Waals surface area (Å²) in [7, 11) is 0. The highest BCUT2D eigenvalue weighted by molar-refractivity contribution is 5.97. The Morgan fingerprint density at radius 3 is 2.80 bits per heavy atom. The monoisotopic (exact) mass is 336 g/mol. The Morgan fingerprint density at radius 2 is 1.96 bits per heavy atom. The lowest BCUT2D eigenvalue weighted by Crippen LogP contribution is -2.47. The van der Waals surface area contributed by atoms with Gasteiger partial charge in [-0.1, -0.05) is 18.2 Å². The van der Waals surface area contributed by atoms with Crippen LogP contribution >= 0.6 is 0 Å². The second kappa shape index (κ2) is 6.82. The van der Waals surface area contributed by atoms with E-state index in [2.05, 4.69) is 40.0 Å². The van der Waals surface area contributed by atoms with Crippen molar-refractivity contribution in [2.75, 3.05) is 29.4 Å². The van der Waals surface area contributed by atoms with Crippen LogP contribution in [0.25, 0.3) is 0 Å². The van der Waals surface area contributed by atoms with Gasteiger partial charge in [0.25, 0.3) is 0 Å². The molecule has 1 saturated heterocycles. The number of amides is 1. The molecule has 0 N–H and O–H groups in total. The van der Waals surface area contributed by atoms with Gasteiger partial charge in [0.15, 0.2) is 0 Å². The van der Waals surface area contributed by atoms with E-state index in [0.29, 0.717) is 6.54 Å². The molecule has 0 saturated carbocycles. The van der Waals surface area contributed by atoms with Gasteiger partial charge in [0.2, 0.25) is 11.9 Å². The fourth-order valence-corrected chi connectivity index (χ4v) is 4.10. The van der Waals surface area contributed by atoms with Gasteiger partial charge in [-0.3, -0.25) is 4.79 Å². The average molecular weight is 336 g/mol. The first-order chi connectivity index (χ1) is 12.2. The lowest BCUT2D eigenvalue weighted by molar-refractivity contribution is -0.122. The van der Waals surface area contributed by atoms with Crippen LogP contribution in [0.5, 0.6) is 0 Å². The molecule has 5 nitrogen and oxygen atoms in total. The smallest absolute Gasteiger partial charge is 0.231 e. The van der Waals surface area contributed by atoms with E-state index >= 15 is 0 Å². The number of benzene rings is 1. The maximum atomic E-state index is 13.3. The molecule has 0 spiro atoms. The fourth-order valence-electron chi connectivity index (χ4n) is 4.10. The maximum Gasteiger partial charge on any atom is 0.231 e. The summed E-state index contributed by atoms with van der Waals surface area (Å²) in [6, 6.07) is 8.18. The molecule has 1 atom stereocenters. The molecule has 1 amide bonds. The number of piperidine rings is 1. The van der Waals surface area contributed by atoms with Crippen molar-refractivity contribution in [3.8, 4) is 0 Å². The second-order valence-electron chi connectivity index (χ2n) is 7.01. The zero-order valence-corrected chi connectivity index (χ0v) is 14.7. The van der Waals surface area contributed by atoms with Gasteiger partial charge in [0.05, 0.1) is 5.92 Å². The molecule has 130 valence electrons. The molecule has 1 unspecified atom stereocenters. The van der Waals surface area contributed by atoms with Gasteiger partial charge in [0.1, 0.15) is 0 Å². The molecule has 0 bridgehead atoms. The van der Waals surface area contributed by atoms with Crippen LogP contribution in [0.1, 0.15) is 30.4 Å². The van der Waals surface area contributed by atoms with Crippen molar-refractivity contribution < 1.29 is 4.79 Å². The maximum absolute atomic E-state index is 13.3. The lowest BCUT2D eigenvalue weighted by atomic mass is 9.93. The summed E-state index contributed by atoms with van der Waals surface area (Å²) in [5.41, 5.74) is 3.65. The molecule has 25 heavy (non-hydrogen) atoms. The van der Waals surface area contributed by atoms with E-state index in [-0.39, 0.29) is 11.8 Å². The summed E-state index contributed by atoms with van der Waals surface area (Å²) >= 11 is 0. The van der Waals surface area contributed by atoms with Gasteiger partial charge >= 0.3 is 0 Å². The first kappa shape index (κ1) is 16.1. The number of carbonyl (C=O) groups is 1. The zero-order valence-electron chi connectivity index (χ0n) is 14.7. The highest BCUT2D eigenvalue weighted by Gasteiger charge is 2.33. The molecule has 1 aromatic heterocycles. The minimum absolute atomic E-state index is 0.0168. The molecule has 0 radical (unpaired) electrons. The SMILES string of the molecule is Cc1cccc2c1N(C(=O)C1CCCN(c3ncccn3)C1)CCC2. The second-order valence-corrected chi connectivity index (χ2v) is 7.01. The Bertz CT molecular complexity index is 762. The zero-order chi connectivity index (χ0) is 17.2. The summed E-state index contributed by atoms with van der Waals surface area (Å²) < 4.78 is 0. The molecule has 5 heteroatoms. The molecule has 2 aliphatic rings. The number of aromatic nitrogens is 2. The van der Waals surface area contributed by atoms with Crippen LogP contribution in [0.15, 0.2) is 36.7 Å². The number of nitrogens with zero attached hydrogens (tertiary/aromatic N) is 4. The van der Waals surface area contributed by atoms with E-state index in [1.807, 2.05) is 11.0 Å². The van der Waals surface area contributed by atoms with Crippen LogP contribution in [0.3, 0.4) is 0 Å². The van der Waals surface area contributed by atoms with Crippen LogP contribution in [0.2, 0.25) is 0 Å². The number of para-hydroxylation sites is 1. The number of rotatable bonds is 2. The standard InChI is InChI=1S/C20H24N4O/c1-15-6-2-7-16-8-4-13-24(18(15)16)19(25)17-9-3-12-23(14-17)20-21-10-5-11-22-20/h2,5-7,10-11,17H,3-4,8-9,12-14H2,1H3. The largest absolute Gasteiger partial charge is 0.340 e. The number of hydrogen-bond donors (Lipinski definition) is 0. The quantitative estimate of drug-likeness (QED) is 0.846. The van der Waals surface area contributed by atoms with Crippen molar-refractivity contribution in [1.82, 2.24) is 9.97 Å². The molecular weight excluding hydrogens is 312 g/mol. The van der Waals surface area contributed by atoms with Crippen molar-refractivity contribution in [3.05, 3.63) is 47.8 Å². The summed E-state index contributed by atoms with van der Waals surface area (Å²) in [6.45, 7) is 4.56. The predicted molar refractivity (Wildman–Crippen MR) is 98.8 cm³/mol. The van der Waals surface area contributed by atoms with E-state index in [1.54, 1.807) is 12.4 Å². The highest BCUT2D eigenvalue weighted by Crippen LogP contribution is 2.33. The average Bonchev–Trinajstić information content (AvgIpc) is 2.68. The van der Waals surface area contributed by atoms with Crippen molar-refractivity contribution >= 4 is 17.5 Å². The number of aryl methyl sites for hydroxylation is 2. The molecule has 4 rings (SSSR count). The summed E-state index contributed by atoms with van der Waals surface area (Å²) in [5.74, 6) is 1.01. The number of hydrogen-bond acceptors (Lipinski definition) is 4. The van der Waals surface area contributed by atoms with Gasteiger partial charge in [-0.2, -0.15) is 0 Å². The summed E-state index contributed by atoms with van der Waals surface area (Å²) in [6.07, 6.45) is 7.58. The van der Waals surface area contributed by atoms with Gasteiger partial charge in [-0.15, -0.1) is 0 Å². The third-order valence-electron chi connectivity index (χ3n) is 5.29. The molecule has 2 aromatic rings. The molecular formula is C20H24N4O. The third kappa shape index (κ3) is 3.11. The van der Waals surface area contributed by atoms with Crippen LogP contribution in [-0.4, -0.2) is 35.5 Å². The molecule has 1 aromatic carbocycles. The Morgan fingerprint density at radius 1 is 1.12 bits per heavy atom. The Balaban J connectivity index is 1.56. The molecule has 2 aliphatic heterocycles. The topological polar surface area (TPSA) is 49.3 Å². The summed E-state index contributed by atoms with van der Waals surface area (Å²) in [4.78, 5) is 26.2. The normalized spacial score (nSPS) is 20.3. The van der Waals surface area contributed by atoms with Crippen molar-refractivity contribution in [2.45, 2.75) is 32.6 Å². The fraction of sp³-hybridized carbons (Fsp3) is 0.450. The minimum atomic E-state index is 0.0168. The third-order valence-corrected chi connectivity index (χ3v) is 5.29. The van der Waals surface area contributed by atoms with Crippen LogP contribution in [-0.2, 0) is 11.2 Å². The minimum Gasteiger partial charge on any atom is -0.340 e. The van der Waals surface area contributed by atoms with E-state index < -0.39 is 0 Å². The highest BCUT2D eigenvalue weighted by atomic mass is 16.2. The Hall–Kier alpha value is -2.43. The summed E-state index contributed by atoms with van der Waals surface area (Å²) in [5, 5.41) is 0.